The van der Waals surface area contributed by atoms with E-state index in [4.69, 9.17) is 10.5 Å². The van der Waals surface area contributed by atoms with Crippen LogP contribution < -0.4 is 10.6 Å². The molecule has 0 fully saturated rings. The number of rotatable bonds is 7. The van der Waals surface area contributed by atoms with Crippen LogP contribution in [0.5, 0.6) is 0 Å². The summed E-state index contributed by atoms with van der Waals surface area (Å²) >= 11 is 2.65. The SMILES string of the molecule is CSCCC(N)C(=O)N(C(=O)OCc1ccccc1)c1nncs1. The molecule has 0 spiro atoms. The van der Waals surface area contributed by atoms with Gasteiger partial charge in [0.1, 0.15) is 12.1 Å². The van der Waals surface area contributed by atoms with Gasteiger partial charge < -0.3 is 10.5 Å². The van der Waals surface area contributed by atoms with Gasteiger partial charge in [-0.3, -0.25) is 4.79 Å². The molecule has 0 aliphatic heterocycles. The summed E-state index contributed by atoms with van der Waals surface area (Å²) in [4.78, 5) is 25.8. The van der Waals surface area contributed by atoms with Crippen LogP contribution >= 0.6 is 23.1 Å². The van der Waals surface area contributed by atoms with E-state index in [9.17, 15) is 9.59 Å². The molecular formula is C15H18N4O3S2. The van der Waals surface area contributed by atoms with Crippen molar-refractivity contribution >= 4 is 40.2 Å². The van der Waals surface area contributed by atoms with Crippen LogP contribution in [0.3, 0.4) is 0 Å². The van der Waals surface area contributed by atoms with Crippen molar-refractivity contribution in [3.8, 4) is 0 Å². The fraction of sp³-hybridized carbons (Fsp3) is 0.333. The van der Waals surface area contributed by atoms with Crippen molar-refractivity contribution < 1.29 is 14.3 Å². The van der Waals surface area contributed by atoms with Crippen LogP contribution in [0.25, 0.3) is 0 Å². The van der Waals surface area contributed by atoms with Gasteiger partial charge in [0.2, 0.25) is 5.13 Å². The second-order valence-electron chi connectivity index (χ2n) is 4.82. The largest absolute Gasteiger partial charge is 0.444 e. The number of benzene rings is 1. The molecular weight excluding hydrogens is 348 g/mol. The van der Waals surface area contributed by atoms with Crippen molar-refractivity contribution in [1.82, 2.24) is 10.2 Å². The summed E-state index contributed by atoms with van der Waals surface area (Å²) in [7, 11) is 0. The molecule has 9 heteroatoms. The Balaban J connectivity index is 2.08. The fourth-order valence-electron chi connectivity index (χ4n) is 1.84. The summed E-state index contributed by atoms with van der Waals surface area (Å²) in [5.41, 5.74) is 8.16. The Morgan fingerprint density at radius 3 is 2.75 bits per heavy atom. The second kappa shape index (κ2) is 9.36. The Bertz CT molecular complexity index is 652. The fourth-order valence-corrected chi connectivity index (χ4v) is 2.89. The molecule has 0 saturated heterocycles. The Labute approximate surface area is 148 Å². The van der Waals surface area contributed by atoms with E-state index in [1.54, 1.807) is 11.8 Å². The zero-order valence-electron chi connectivity index (χ0n) is 13.1. The molecule has 2 N–H and O–H groups in total. The number of imide groups is 1. The van der Waals surface area contributed by atoms with Gasteiger partial charge in [0.25, 0.3) is 5.91 Å². The van der Waals surface area contributed by atoms with Crippen LogP contribution in [0.4, 0.5) is 9.93 Å². The number of aromatic nitrogens is 2. The van der Waals surface area contributed by atoms with Crippen LogP contribution in [0.1, 0.15) is 12.0 Å². The van der Waals surface area contributed by atoms with Gasteiger partial charge in [-0.25, -0.2) is 4.79 Å². The molecule has 0 radical (unpaired) electrons. The predicted molar refractivity (Wildman–Crippen MR) is 95.0 cm³/mol. The number of carbonyl (C=O) groups is 2. The highest BCUT2D eigenvalue weighted by Crippen LogP contribution is 2.19. The van der Waals surface area contributed by atoms with Gasteiger partial charge in [-0.15, -0.1) is 10.2 Å². The number of amides is 2. The van der Waals surface area contributed by atoms with Crippen molar-refractivity contribution in [3.05, 3.63) is 41.4 Å². The highest BCUT2D eigenvalue weighted by atomic mass is 32.2. The summed E-state index contributed by atoms with van der Waals surface area (Å²) in [6.07, 6.45) is 1.58. The number of hydrogen-bond donors (Lipinski definition) is 1. The third-order valence-corrected chi connectivity index (χ3v) is 4.42. The van der Waals surface area contributed by atoms with Crippen LogP contribution in [-0.4, -0.2) is 40.2 Å². The minimum atomic E-state index is -0.805. The average Bonchev–Trinajstić information content (AvgIpc) is 3.13. The Morgan fingerprint density at radius 1 is 1.38 bits per heavy atom. The lowest BCUT2D eigenvalue weighted by atomic mass is 10.2. The third-order valence-electron chi connectivity index (χ3n) is 3.10. The molecule has 1 aromatic carbocycles. The normalized spacial score (nSPS) is 11.8. The summed E-state index contributed by atoms with van der Waals surface area (Å²) in [6.45, 7) is 0.0578. The molecule has 0 bridgehead atoms. The molecule has 2 amide bonds. The molecule has 2 aromatic rings. The van der Waals surface area contributed by atoms with E-state index in [0.29, 0.717) is 6.42 Å². The topological polar surface area (TPSA) is 98.4 Å². The van der Waals surface area contributed by atoms with Gasteiger partial charge in [-0.2, -0.15) is 16.7 Å². The first-order valence-electron chi connectivity index (χ1n) is 7.18. The molecule has 128 valence electrons. The van der Waals surface area contributed by atoms with Crippen molar-refractivity contribution in [1.29, 1.82) is 0 Å². The number of carbonyl (C=O) groups excluding carboxylic acids is 2. The molecule has 7 nitrogen and oxygen atoms in total. The summed E-state index contributed by atoms with van der Waals surface area (Å²) in [5, 5.41) is 7.61. The van der Waals surface area contributed by atoms with Crippen molar-refractivity contribution in [2.45, 2.75) is 19.1 Å². The summed E-state index contributed by atoms with van der Waals surface area (Å²) in [5.74, 6) is 0.175. The lowest BCUT2D eigenvalue weighted by Gasteiger charge is -2.20. The Kier molecular flexibility index (Phi) is 7.16. The van der Waals surface area contributed by atoms with Crippen LogP contribution in [-0.2, 0) is 16.1 Å². The zero-order valence-corrected chi connectivity index (χ0v) is 14.8. The third kappa shape index (κ3) is 5.02. The Hall–Kier alpha value is -1.97. The van der Waals surface area contributed by atoms with E-state index in [2.05, 4.69) is 10.2 Å². The van der Waals surface area contributed by atoms with Crippen molar-refractivity contribution in [3.63, 3.8) is 0 Å². The zero-order chi connectivity index (χ0) is 17.4. The van der Waals surface area contributed by atoms with Gasteiger partial charge in [-0.1, -0.05) is 41.7 Å². The van der Waals surface area contributed by atoms with Gasteiger partial charge in [-0.05, 0) is 24.0 Å². The van der Waals surface area contributed by atoms with E-state index in [1.165, 1.54) is 5.51 Å². The maximum Gasteiger partial charge on any atom is 0.423 e. The molecule has 1 heterocycles. The van der Waals surface area contributed by atoms with E-state index >= 15 is 0 Å². The second-order valence-corrected chi connectivity index (χ2v) is 6.62. The van der Waals surface area contributed by atoms with Gasteiger partial charge >= 0.3 is 6.09 Å². The quantitative estimate of drug-likeness (QED) is 0.802. The lowest BCUT2D eigenvalue weighted by molar-refractivity contribution is -0.119. The van der Waals surface area contributed by atoms with Gasteiger partial charge in [0.05, 0.1) is 6.04 Å². The molecule has 1 aromatic heterocycles. The summed E-state index contributed by atoms with van der Waals surface area (Å²) < 4.78 is 5.23. The predicted octanol–water partition coefficient (Wildman–Crippen LogP) is 2.29. The maximum absolute atomic E-state index is 12.5. The molecule has 2 rings (SSSR count). The number of nitrogens with zero attached hydrogens (tertiary/aromatic N) is 3. The van der Waals surface area contributed by atoms with Crippen molar-refractivity contribution in [2.24, 2.45) is 5.73 Å². The first-order valence-corrected chi connectivity index (χ1v) is 9.46. The van der Waals surface area contributed by atoms with Crippen LogP contribution in [0.2, 0.25) is 0 Å². The monoisotopic (exact) mass is 366 g/mol. The first kappa shape index (κ1) is 18.4. The number of thioether (sulfide) groups is 1. The van der Waals surface area contributed by atoms with Crippen LogP contribution in [0.15, 0.2) is 35.8 Å². The van der Waals surface area contributed by atoms with E-state index < -0.39 is 18.0 Å². The number of hydrogen-bond acceptors (Lipinski definition) is 8. The first-order chi connectivity index (χ1) is 11.6. The number of ether oxygens (including phenoxy) is 1. The van der Waals surface area contributed by atoms with E-state index in [-0.39, 0.29) is 11.7 Å². The highest BCUT2D eigenvalue weighted by Gasteiger charge is 2.31. The average molecular weight is 366 g/mol. The molecule has 0 aliphatic carbocycles. The van der Waals surface area contributed by atoms with E-state index in [0.717, 1.165) is 27.6 Å². The standard InChI is InChI=1S/C15H18N4O3S2/c1-23-8-7-12(16)13(20)19(14-18-17-10-24-14)15(21)22-9-11-5-3-2-4-6-11/h2-6,10,12H,7-9,16H2,1H3. The summed E-state index contributed by atoms with van der Waals surface area (Å²) in [6, 6.07) is 8.41. The van der Waals surface area contributed by atoms with Crippen LogP contribution in [0, 0.1) is 0 Å². The van der Waals surface area contributed by atoms with Gasteiger partial charge in [0.15, 0.2) is 0 Å². The molecule has 0 aliphatic rings. The maximum atomic E-state index is 12.5. The lowest BCUT2D eigenvalue weighted by Crippen LogP contribution is -2.47. The highest BCUT2D eigenvalue weighted by molar-refractivity contribution is 7.98. The molecule has 0 saturated carbocycles. The smallest absolute Gasteiger partial charge is 0.423 e. The Morgan fingerprint density at radius 2 is 2.12 bits per heavy atom. The van der Waals surface area contributed by atoms with Gasteiger partial charge in [0, 0.05) is 0 Å². The van der Waals surface area contributed by atoms with E-state index in [1.807, 2.05) is 36.6 Å². The van der Waals surface area contributed by atoms with Crippen molar-refractivity contribution in [2.75, 3.05) is 16.9 Å². The number of nitrogens with two attached hydrogens (primary N) is 1. The molecule has 1 unspecified atom stereocenters. The molecule has 24 heavy (non-hydrogen) atoms. The minimum absolute atomic E-state index is 0.0578. The minimum Gasteiger partial charge on any atom is -0.444 e. The molecule has 1 atom stereocenters. The number of anilines is 1.